The molecule has 0 saturated carbocycles. The van der Waals surface area contributed by atoms with Crippen LogP contribution in [0, 0.1) is 0 Å². The fourth-order valence-corrected chi connectivity index (χ4v) is 1.86. The first-order chi connectivity index (χ1) is 10.9. The van der Waals surface area contributed by atoms with E-state index in [0.29, 0.717) is 5.56 Å². The first-order valence-electron chi connectivity index (χ1n) is 6.75. The van der Waals surface area contributed by atoms with Gasteiger partial charge in [0, 0.05) is 12.8 Å². The van der Waals surface area contributed by atoms with E-state index in [-0.39, 0.29) is 24.3 Å². The smallest absolute Gasteiger partial charge is 0.367 e. The van der Waals surface area contributed by atoms with Crippen molar-refractivity contribution in [2.24, 2.45) is 5.73 Å². The summed E-state index contributed by atoms with van der Waals surface area (Å²) in [6, 6.07) is 5.75. The highest BCUT2D eigenvalue weighted by molar-refractivity contribution is 5.84. The summed E-state index contributed by atoms with van der Waals surface area (Å²) < 4.78 is 0. The molecular weight excluding hydrogens is 308 g/mol. The molecule has 0 aliphatic carbocycles. The average Bonchev–Trinajstić information content (AvgIpc) is 2.56. The molecule has 126 valence electrons. The molecule has 23 heavy (non-hydrogen) atoms. The topological polar surface area (TPSA) is 150 Å². The predicted octanol–water partition coefficient (Wildman–Crippen LogP) is 0.0238. The molecule has 0 unspecified atom stereocenters. The van der Waals surface area contributed by atoms with Gasteiger partial charge in [-0.3, -0.25) is 19.7 Å². The molecule has 1 aromatic rings. The molecule has 1 amide bonds. The molecule has 0 aliphatic heterocycles. The minimum absolute atomic E-state index is 0.0898. The van der Waals surface area contributed by atoms with Crippen LogP contribution in [0.1, 0.15) is 18.4 Å². The van der Waals surface area contributed by atoms with Crippen molar-refractivity contribution in [1.82, 2.24) is 5.06 Å². The van der Waals surface area contributed by atoms with Crippen LogP contribution in [0.2, 0.25) is 0 Å². The summed E-state index contributed by atoms with van der Waals surface area (Å²) in [7, 11) is 0. The predicted molar refractivity (Wildman–Crippen MR) is 76.1 cm³/mol. The number of nitrogens with zero attached hydrogens (tertiary/aromatic N) is 1. The lowest BCUT2D eigenvalue weighted by Gasteiger charge is -2.23. The summed E-state index contributed by atoms with van der Waals surface area (Å²) >= 11 is 0. The first kappa shape index (κ1) is 18.6. The maximum atomic E-state index is 11.9. The average molecular weight is 326 g/mol. The maximum Gasteiger partial charge on any atom is 0.367 e. The van der Waals surface area contributed by atoms with Gasteiger partial charge in [-0.1, -0.05) is 30.3 Å². The number of amides is 1. The van der Waals surface area contributed by atoms with Crippen molar-refractivity contribution >= 4 is 17.8 Å². The lowest BCUT2D eigenvalue weighted by molar-refractivity contribution is -0.249. The Kier molecular flexibility index (Phi) is 7.13. The number of carbonyl (C=O) groups is 3. The minimum Gasteiger partial charge on any atom is -0.480 e. The highest BCUT2D eigenvalue weighted by Gasteiger charge is 2.31. The Balaban J connectivity index is 2.75. The number of aliphatic carboxylic acids is 1. The molecule has 1 rings (SSSR count). The van der Waals surface area contributed by atoms with E-state index in [1.54, 1.807) is 30.3 Å². The molecule has 0 fully saturated rings. The standard InChI is InChI=1S/C14H18N2O7/c15-10(13(18)19)6-7-12(17)16(21)11(14(20)23-22)8-9-4-2-1-3-5-9/h1-5,10-11,21-22H,6-8,15H2,(H,18,19)/t10-,11-/m0/s1. The number of carbonyl (C=O) groups excluding carboxylic acids is 2. The van der Waals surface area contributed by atoms with Gasteiger partial charge in [-0.05, 0) is 12.0 Å². The van der Waals surface area contributed by atoms with E-state index >= 15 is 0 Å². The van der Waals surface area contributed by atoms with Gasteiger partial charge >= 0.3 is 11.9 Å². The summed E-state index contributed by atoms with van der Waals surface area (Å²) in [4.78, 5) is 37.6. The summed E-state index contributed by atoms with van der Waals surface area (Å²) in [5, 5.41) is 27.2. The molecule has 0 aromatic heterocycles. The number of hydrogen-bond donors (Lipinski definition) is 4. The zero-order valence-corrected chi connectivity index (χ0v) is 12.2. The third-order valence-electron chi connectivity index (χ3n) is 3.17. The van der Waals surface area contributed by atoms with Crippen LogP contribution >= 0.6 is 0 Å². The van der Waals surface area contributed by atoms with Gasteiger partial charge < -0.3 is 10.8 Å². The molecule has 2 atom stereocenters. The Labute approximate surface area is 131 Å². The molecule has 0 bridgehead atoms. The lowest BCUT2D eigenvalue weighted by atomic mass is 10.1. The number of benzene rings is 1. The Morgan fingerprint density at radius 1 is 1.22 bits per heavy atom. The van der Waals surface area contributed by atoms with Crippen LogP contribution in [0.4, 0.5) is 0 Å². The maximum absolute atomic E-state index is 11.9. The van der Waals surface area contributed by atoms with E-state index < -0.39 is 29.9 Å². The lowest BCUT2D eigenvalue weighted by Crippen LogP contribution is -2.45. The fraction of sp³-hybridized carbons (Fsp3) is 0.357. The zero-order valence-electron chi connectivity index (χ0n) is 12.2. The molecule has 9 nitrogen and oxygen atoms in total. The third kappa shape index (κ3) is 5.66. The second-order valence-electron chi connectivity index (χ2n) is 4.84. The molecule has 1 aromatic carbocycles. The van der Waals surface area contributed by atoms with Crippen LogP contribution in [-0.4, -0.2) is 50.6 Å². The number of nitrogens with two attached hydrogens (primary N) is 1. The number of hydroxylamine groups is 2. The van der Waals surface area contributed by atoms with Gasteiger partial charge in [0.25, 0.3) is 0 Å². The van der Waals surface area contributed by atoms with Gasteiger partial charge in [-0.2, -0.15) is 5.26 Å². The molecule has 0 saturated heterocycles. The molecule has 9 heteroatoms. The quantitative estimate of drug-likeness (QED) is 0.297. The van der Waals surface area contributed by atoms with Crippen molar-refractivity contribution in [3.8, 4) is 0 Å². The van der Waals surface area contributed by atoms with E-state index in [2.05, 4.69) is 4.89 Å². The van der Waals surface area contributed by atoms with Crippen molar-refractivity contribution < 1.29 is 34.8 Å². The van der Waals surface area contributed by atoms with E-state index in [9.17, 15) is 19.6 Å². The molecule has 0 radical (unpaired) electrons. The van der Waals surface area contributed by atoms with Crippen molar-refractivity contribution in [3.05, 3.63) is 35.9 Å². The van der Waals surface area contributed by atoms with Gasteiger partial charge in [-0.15, -0.1) is 0 Å². The Morgan fingerprint density at radius 3 is 2.35 bits per heavy atom. The van der Waals surface area contributed by atoms with E-state index in [4.69, 9.17) is 16.1 Å². The first-order valence-corrected chi connectivity index (χ1v) is 6.75. The van der Waals surface area contributed by atoms with Crippen molar-refractivity contribution in [1.29, 1.82) is 0 Å². The molecular formula is C14H18N2O7. The largest absolute Gasteiger partial charge is 0.480 e. The van der Waals surface area contributed by atoms with Gasteiger partial charge in [0.15, 0.2) is 6.04 Å². The fourth-order valence-electron chi connectivity index (χ4n) is 1.86. The second-order valence-corrected chi connectivity index (χ2v) is 4.84. The highest BCUT2D eigenvalue weighted by Crippen LogP contribution is 2.11. The minimum atomic E-state index is -1.46. The van der Waals surface area contributed by atoms with E-state index in [1.165, 1.54) is 0 Å². The Morgan fingerprint density at radius 2 is 1.83 bits per heavy atom. The van der Waals surface area contributed by atoms with Gasteiger partial charge in [0.2, 0.25) is 5.91 Å². The molecule has 0 aliphatic rings. The highest BCUT2D eigenvalue weighted by atomic mass is 17.1. The summed E-state index contributed by atoms with van der Waals surface area (Å²) in [6.45, 7) is 0. The van der Waals surface area contributed by atoms with Gasteiger partial charge in [0.1, 0.15) is 6.04 Å². The Hall–Kier alpha value is -2.49. The van der Waals surface area contributed by atoms with Crippen molar-refractivity contribution in [2.45, 2.75) is 31.3 Å². The Bertz CT molecular complexity index is 549. The van der Waals surface area contributed by atoms with E-state index in [0.717, 1.165) is 0 Å². The van der Waals surface area contributed by atoms with Crippen LogP contribution in [0.3, 0.4) is 0 Å². The summed E-state index contributed by atoms with van der Waals surface area (Å²) in [5.41, 5.74) is 5.89. The molecule has 0 spiro atoms. The number of rotatable bonds is 8. The molecule has 5 N–H and O–H groups in total. The van der Waals surface area contributed by atoms with Crippen molar-refractivity contribution in [2.75, 3.05) is 0 Å². The van der Waals surface area contributed by atoms with Crippen LogP contribution < -0.4 is 5.73 Å². The van der Waals surface area contributed by atoms with Crippen molar-refractivity contribution in [3.63, 3.8) is 0 Å². The van der Waals surface area contributed by atoms with Crippen LogP contribution in [0.15, 0.2) is 30.3 Å². The summed E-state index contributed by atoms with van der Waals surface area (Å²) in [5.74, 6) is -3.40. The summed E-state index contributed by atoms with van der Waals surface area (Å²) in [6.07, 6.45) is -0.682. The third-order valence-corrected chi connectivity index (χ3v) is 3.17. The normalized spacial score (nSPS) is 13.0. The monoisotopic (exact) mass is 326 g/mol. The number of carboxylic acids is 1. The number of carboxylic acid groups (broad SMARTS) is 1. The molecule has 0 heterocycles. The zero-order chi connectivity index (χ0) is 17.4. The van der Waals surface area contributed by atoms with Crippen LogP contribution in [0.25, 0.3) is 0 Å². The SMILES string of the molecule is N[C@@H](CCC(=O)N(O)[C@@H](Cc1ccccc1)C(=O)OO)C(=O)O. The van der Waals surface area contributed by atoms with Crippen LogP contribution in [0.5, 0.6) is 0 Å². The number of hydrogen-bond acceptors (Lipinski definition) is 7. The van der Waals surface area contributed by atoms with Gasteiger partial charge in [0.05, 0.1) is 0 Å². The van der Waals surface area contributed by atoms with E-state index in [1.807, 2.05) is 0 Å². The van der Waals surface area contributed by atoms with Gasteiger partial charge in [-0.25, -0.2) is 9.86 Å². The van der Waals surface area contributed by atoms with Crippen LogP contribution in [-0.2, 0) is 25.7 Å². The second kappa shape index (κ2) is 8.83.